The molecule has 0 saturated heterocycles. The van der Waals surface area contributed by atoms with Crippen molar-refractivity contribution >= 4 is 5.97 Å². The van der Waals surface area contributed by atoms with Gasteiger partial charge in [-0.1, -0.05) is 33.3 Å². The van der Waals surface area contributed by atoms with Crippen LogP contribution < -0.4 is 4.74 Å². The second kappa shape index (κ2) is 6.33. The predicted molar refractivity (Wildman–Crippen MR) is 102 cm³/mol. The average Bonchev–Trinajstić information content (AvgIpc) is 2.53. The SMILES string of the molecule is CCCC(C)(C)c1cc(O)c2c(c1)OC(C)(C)[C@@H]1CC=C(C(=O)O)C[C@@H]21. The molecule has 4 heteroatoms. The molecule has 0 spiro atoms. The molecule has 2 atom stereocenters. The van der Waals surface area contributed by atoms with Crippen LogP contribution in [0.25, 0.3) is 0 Å². The minimum absolute atomic E-state index is 0.0341. The summed E-state index contributed by atoms with van der Waals surface area (Å²) in [5, 5.41) is 20.3. The van der Waals surface area contributed by atoms with Gasteiger partial charge >= 0.3 is 5.97 Å². The standard InChI is InChI=1S/C22H30O4/c1-6-9-21(2,3)14-11-17(23)19-15-10-13(20(24)25)7-8-16(15)22(4,5)26-18(19)12-14/h7,11-12,15-16,23H,6,8-10H2,1-5H3,(H,24,25)/t15-,16-/m1/s1. The number of ether oxygens (including phenoxy) is 1. The van der Waals surface area contributed by atoms with Crippen molar-refractivity contribution in [2.75, 3.05) is 0 Å². The fraction of sp³-hybridized carbons (Fsp3) is 0.591. The molecular weight excluding hydrogens is 328 g/mol. The summed E-state index contributed by atoms with van der Waals surface area (Å²) >= 11 is 0. The number of hydrogen-bond donors (Lipinski definition) is 2. The third-order valence-corrected chi connectivity index (χ3v) is 6.23. The molecule has 142 valence electrons. The number of phenols is 1. The van der Waals surface area contributed by atoms with Crippen LogP contribution in [-0.4, -0.2) is 21.8 Å². The van der Waals surface area contributed by atoms with E-state index in [1.165, 1.54) is 0 Å². The Morgan fingerprint density at radius 1 is 1.35 bits per heavy atom. The van der Waals surface area contributed by atoms with Gasteiger partial charge in [0, 0.05) is 23.0 Å². The maximum absolute atomic E-state index is 11.5. The van der Waals surface area contributed by atoms with Gasteiger partial charge in [0.05, 0.1) is 0 Å². The summed E-state index contributed by atoms with van der Waals surface area (Å²) in [6.07, 6.45) is 4.99. The second-order valence-corrected chi connectivity index (χ2v) is 8.93. The highest BCUT2D eigenvalue weighted by Crippen LogP contribution is 2.55. The number of benzene rings is 1. The van der Waals surface area contributed by atoms with Crippen LogP contribution in [-0.2, 0) is 10.2 Å². The van der Waals surface area contributed by atoms with Gasteiger partial charge in [0.15, 0.2) is 0 Å². The minimum Gasteiger partial charge on any atom is -0.508 e. The van der Waals surface area contributed by atoms with Crippen molar-refractivity contribution in [3.05, 3.63) is 34.9 Å². The summed E-state index contributed by atoms with van der Waals surface area (Å²) in [5.41, 5.74) is 1.82. The normalized spacial score (nSPS) is 24.1. The number of phenolic OH excluding ortho intramolecular Hbond substituents is 1. The van der Waals surface area contributed by atoms with Crippen molar-refractivity contribution in [1.29, 1.82) is 0 Å². The molecule has 0 saturated carbocycles. The van der Waals surface area contributed by atoms with Gasteiger partial charge in [-0.25, -0.2) is 4.79 Å². The monoisotopic (exact) mass is 358 g/mol. The van der Waals surface area contributed by atoms with Crippen LogP contribution >= 0.6 is 0 Å². The molecule has 0 bridgehead atoms. The van der Waals surface area contributed by atoms with Crippen molar-refractivity contribution in [2.45, 2.75) is 77.2 Å². The lowest BCUT2D eigenvalue weighted by Crippen LogP contribution is -2.46. The van der Waals surface area contributed by atoms with E-state index in [-0.39, 0.29) is 23.0 Å². The summed E-state index contributed by atoms with van der Waals surface area (Å²) < 4.78 is 6.34. The van der Waals surface area contributed by atoms with E-state index in [4.69, 9.17) is 4.74 Å². The molecule has 1 aromatic rings. The molecule has 0 amide bonds. The van der Waals surface area contributed by atoms with E-state index in [2.05, 4.69) is 40.7 Å². The third kappa shape index (κ3) is 3.10. The van der Waals surface area contributed by atoms with E-state index in [0.717, 1.165) is 24.0 Å². The Balaban J connectivity index is 2.10. The molecule has 3 rings (SSSR count). The van der Waals surface area contributed by atoms with Crippen LogP contribution in [0.15, 0.2) is 23.8 Å². The van der Waals surface area contributed by atoms with Gasteiger partial charge in [-0.2, -0.15) is 0 Å². The van der Waals surface area contributed by atoms with Gasteiger partial charge in [0.1, 0.15) is 17.1 Å². The number of aromatic hydroxyl groups is 1. The average molecular weight is 358 g/mol. The van der Waals surface area contributed by atoms with Gasteiger partial charge in [-0.3, -0.25) is 0 Å². The lowest BCUT2D eigenvalue weighted by Gasteiger charge is -2.47. The van der Waals surface area contributed by atoms with Gasteiger partial charge in [-0.15, -0.1) is 0 Å². The van der Waals surface area contributed by atoms with Crippen molar-refractivity contribution in [3.63, 3.8) is 0 Å². The molecule has 0 aromatic heterocycles. The zero-order chi connectivity index (χ0) is 19.3. The van der Waals surface area contributed by atoms with E-state index in [1.807, 2.05) is 12.1 Å². The van der Waals surface area contributed by atoms with Crippen LogP contribution in [0.1, 0.15) is 77.3 Å². The van der Waals surface area contributed by atoms with Gasteiger partial charge in [-0.05, 0) is 56.2 Å². The molecule has 26 heavy (non-hydrogen) atoms. The molecule has 1 heterocycles. The second-order valence-electron chi connectivity index (χ2n) is 8.93. The number of allylic oxidation sites excluding steroid dienone is 1. The molecule has 0 radical (unpaired) electrons. The Morgan fingerprint density at radius 3 is 2.65 bits per heavy atom. The Bertz CT molecular complexity index is 758. The number of hydrogen-bond acceptors (Lipinski definition) is 3. The summed E-state index contributed by atoms with van der Waals surface area (Å²) in [5.74, 6) is 0.196. The van der Waals surface area contributed by atoms with Crippen molar-refractivity contribution < 1.29 is 19.7 Å². The van der Waals surface area contributed by atoms with Gasteiger partial charge in [0.2, 0.25) is 0 Å². The first-order chi connectivity index (χ1) is 12.1. The molecule has 1 aliphatic heterocycles. The molecule has 2 aliphatic rings. The Kier molecular flexibility index (Phi) is 4.58. The lowest BCUT2D eigenvalue weighted by molar-refractivity contribution is -0.133. The molecule has 1 aromatic carbocycles. The zero-order valence-electron chi connectivity index (χ0n) is 16.4. The molecular formula is C22H30O4. The van der Waals surface area contributed by atoms with Gasteiger partial charge < -0.3 is 14.9 Å². The lowest BCUT2D eigenvalue weighted by atomic mass is 9.66. The van der Waals surface area contributed by atoms with Crippen molar-refractivity contribution in [2.24, 2.45) is 5.92 Å². The maximum atomic E-state index is 11.5. The highest BCUT2D eigenvalue weighted by Gasteiger charge is 2.47. The first kappa shape index (κ1) is 18.8. The fourth-order valence-electron chi connectivity index (χ4n) is 4.73. The van der Waals surface area contributed by atoms with Crippen molar-refractivity contribution in [3.8, 4) is 11.5 Å². The summed E-state index contributed by atoms with van der Waals surface area (Å²) in [4.78, 5) is 11.5. The Morgan fingerprint density at radius 2 is 2.04 bits per heavy atom. The van der Waals surface area contributed by atoms with Crippen LogP contribution in [0.4, 0.5) is 0 Å². The number of carbonyl (C=O) groups is 1. The Labute approximate surface area is 155 Å². The quantitative estimate of drug-likeness (QED) is 0.781. The van der Waals surface area contributed by atoms with Crippen LogP contribution in [0.2, 0.25) is 0 Å². The summed E-state index contributed by atoms with van der Waals surface area (Å²) in [7, 11) is 0. The van der Waals surface area contributed by atoms with Crippen molar-refractivity contribution in [1.82, 2.24) is 0 Å². The summed E-state index contributed by atoms with van der Waals surface area (Å²) in [6.45, 7) is 10.6. The molecule has 2 N–H and O–H groups in total. The molecule has 0 fully saturated rings. The largest absolute Gasteiger partial charge is 0.508 e. The molecule has 1 aliphatic carbocycles. The highest BCUT2D eigenvalue weighted by molar-refractivity contribution is 5.87. The van der Waals surface area contributed by atoms with Crippen LogP contribution in [0.3, 0.4) is 0 Å². The summed E-state index contributed by atoms with van der Waals surface area (Å²) in [6, 6.07) is 3.91. The number of aliphatic carboxylic acids is 1. The molecule has 4 nitrogen and oxygen atoms in total. The third-order valence-electron chi connectivity index (χ3n) is 6.23. The Hall–Kier alpha value is -1.97. The number of carboxylic acids is 1. The number of fused-ring (bicyclic) bond motifs is 3. The number of rotatable bonds is 4. The van der Waals surface area contributed by atoms with E-state index in [9.17, 15) is 15.0 Å². The van der Waals surface area contributed by atoms with E-state index < -0.39 is 11.6 Å². The first-order valence-corrected chi connectivity index (χ1v) is 9.55. The van der Waals surface area contributed by atoms with Crippen LogP contribution in [0, 0.1) is 5.92 Å². The van der Waals surface area contributed by atoms with Gasteiger partial charge in [0.25, 0.3) is 0 Å². The fourth-order valence-corrected chi connectivity index (χ4v) is 4.73. The smallest absolute Gasteiger partial charge is 0.331 e. The van der Waals surface area contributed by atoms with E-state index in [0.29, 0.717) is 24.2 Å². The predicted octanol–water partition coefficient (Wildman–Crippen LogP) is 5.15. The first-order valence-electron chi connectivity index (χ1n) is 9.55. The highest BCUT2D eigenvalue weighted by atomic mass is 16.5. The van der Waals surface area contributed by atoms with E-state index in [1.54, 1.807) is 0 Å². The molecule has 0 unspecified atom stereocenters. The van der Waals surface area contributed by atoms with E-state index >= 15 is 0 Å². The maximum Gasteiger partial charge on any atom is 0.331 e. The van der Waals surface area contributed by atoms with Crippen LogP contribution in [0.5, 0.6) is 11.5 Å². The topological polar surface area (TPSA) is 66.8 Å². The zero-order valence-corrected chi connectivity index (χ0v) is 16.4. The minimum atomic E-state index is -0.866. The number of carboxylic acid groups (broad SMARTS) is 1.